The van der Waals surface area contributed by atoms with Gasteiger partial charge in [-0.25, -0.2) is 0 Å². The fraction of sp³-hybridized carbons (Fsp3) is 1.00. The molecule has 0 aliphatic heterocycles. The van der Waals surface area contributed by atoms with E-state index in [0.29, 0.717) is 0 Å². The van der Waals surface area contributed by atoms with Gasteiger partial charge in [0.2, 0.25) is 0 Å². The summed E-state index contributed by atoms with van der Waals surface area (Å²) in [6, 6.07) is 1.10. The van der Waals surface area contributed by atoms with E-state index >= 15 is 0 Å². The van der Waals surface area contributed by atoms with Crippen molar-refractivity contribution in [3.8, 4) is 0 Å². The fourth-order valence-electron chi connectivity index (χ4n) is 0.353. The van der Waals surface area contributed by atoms with E-state index in [1.54, 1.807) is 0 Å². The third-order valence-electron chi connectivity index (χ3n) is 0.768. The van der Waals surface area contributed by atoms with Crippen LogP contribution in [0.3, 0.4) is 0 Å². The number of nitrogens with zero attached hydrogens (tertiary/aromatic N) is 1. The lowest BCUT2D eigenvalue weighted by Gasteiger charge is -1.81. The molecule has 0 bridgehead atoms. The molecule has 0 fully saturated rings. The molecule has 0 unspecified atom stereocenters. The zero-order valence-corrected chi connectivity index (χ0v) is 5.75. The Bertz CT molecular complexity index is 55.7. The Morgan fingerprint density at radius 2 is 2.43 bits per heavy atom. The summed E-state index contributed by atoms with van der Waals surface area (Å²) in [6.07, 6.45) is 2.42. The van der Waals surface area contributed by atoms with E-state index in [1.807, 2.05) is 0 Å². The molecule has 0 radical (unpaired) electrons. The van der Waals surface area contributed by atoms with Crippen molar-refractivity contribution in [2.45, 2.75) is 25.8 Å². The summed E-state index contributed by atoms with van der Waals surface area (Å²) in [5.41, 5.74) is 0. The van der Waals surface area contributed by atoms with Gasteiger partial charge in [0.15, 0.2) is 9.31 Å². The van der Waals surface area contributed by atoms with Crippen molar-refractivity contribution in [1.29, 1.82) is 0 Å². The summed E-state index contributed by atoms with van der Waals surface area (Å²) in [5.74, 6) is 0. The first-order valence-electron chi connectivity index (χ1n) is 2.57. The van der Waals surface area contributed by atoms with E-state index in [1.165, 1.54) is 12.8 Å². The molecule has 3 heteroatoms. The van der Waals surface area contributed by atoms with Crippen LogP contribution in [0.1, 0.15) is 19.8 Å². The van der Waals surface area contributed by atoms with Gasteiger partial charge in [-0.15, -0.1) is 0 Å². The average Bonchev–Trinajstić information content (AvgIpc) is 1.69. The molecule has 0 aromatic rings. The maximum absolute atomic E-state index is 7.95. The molecule has 0 atom stereocenters. The first kappa shape index (κ1) is 6.82. The summed E-state index contributed by atoms with van der Waals surface area (Å²) in [7, 11) is -0.00324. The molecule has 1 N–H and O–H groups in total. The van der Waals surface area contributed by atoms with Gasteiger partial charge in [-0.1, -0.05) is 19.8 Å². The van der Waals surface area contributed by atoms with Crippen molar-refractivity contribution < 1.29 is 5.21 Å². The smallest absolute Gasteiger partial charge is 0.164 e. The van der Waals surface area contributed by atoms with Crippen LogP contribution in [-0.2, 0) is 0 Å². The van der Waals surface area contributed by atoms with E-state index in [9.17, 15) is 0 Å². The van der Waals surface area contributed by atoms with E-state index in [-0.39, 0.29) is 9.31 Å². The predicted molar refractivity (Wildman–Crippen MR) is 31.1 cm³/mol. The van der Waals surface area contributed by atoms with Gasteiger partial charge in [0.05, 0.1) is 0 Å². The van der Waals surface area contributed by atoms with E-state index < -0.39 is 0 Å². The first-order chi connectivity index (χ1) is 3.41. The SMILES string of the molecule is CCCC[SiH]=NO. The minimum absolute atomic E-state index is 0.00324. The molecule has 42 valence electrons. The quantitative estimate of drug-likeness (QED) is 0.336. The van der Waals surface area contributed by atoms with Crippen LogP contribution in [0.15, 0.2) is 4.80 Å². The maximum Gasteiger partial charge on any atom is 0.164 e. The van der Waals surface area contributed by atoms with Gasteiger partial charge in [0.25, 0.3) is 0 Å². The molecule has 0 aliphatic carbocycles. The predicted octanol–water partition coefficient (Wildman–Crippen LogP) is 1.21. The van der Waals surface area contributed by atoms with Gasteiger partial charge in [0.1, 0.15) is 0 Å². The first-order valence-corrected chi connectivity index (χ1v) is 3.91. The zero-order valence-electron chi connectivity index (χ0n) is 4.59. The van der Waals surface area contributed by atoms with Crippen LogP contribution in [0.2, 0.25) is 6.04 Å². The van der Waals surface area contributed by atoms with Crippen molar-refractivity contribution in [1.82, 2.24) is 0 Å². The Hall–Kier alpha value is -0.183. The molecule has 0 amide bonds. The molecule has 0 aliphatic rings. The molecule has 0 heterocycles. The monoisotopic (exact) mass is 117 g/mol. The van der Waals surface area contributed by atoms with Crippen molar-refractivity contribution in [3.63, 3.8) is 0 Å². The second-order valence-corrected chi connectivity index (χ2v) is 2.61. The lowest BCUT2D eigenvalue weighted by molar-refractivity contribution is 0.324. The van der Waals surface area contributed by atoms with Crippen LogP contribution in [0, 0.1) is 0 Å². The van der Waals surface area contributed by atoms with Gasteiger partial charge in [-0.3, -0.25) is 0 Å². The number of rotatable bonds is 3. The third-order valence-corrected chi connectivity index (χ3v) is 1.60. The molecule has 0 aromatic carbocycles. The zero-order chi connectivity index (χ0) is 5.54. The maximum atomic E-state index is 7.95. The van der Waals surface area contributed by atoms with Crippen molar-refractivity contribution in [2.75, 3.05) is 0 Å². The van der Waals surface area contributed by atoms with Crippen molar-refractivity contribution >= 4 is 9.31 Å². The Labute approximate surface area is 46.1 Å². The largest absolute Gasteiger partial charge is 0.421 e. The van der Waals surface area contributed by atoms with Gasteiger partial charge in [-0.05, 0) is 6.04 Å². The Kier molecular flexibility index (Phi) is 5.66. The molecular formula is C4H11NOSi. The third kappa shape index (κ3) is 5.82. The molecule has 0 saturated heterocycles. The summed E-state index contributed by atoms with van der Waals surface area (Å²) in [4.78, 5) is 3.06. The van der Waals surface area contributed by atoms with Crippen LogP contribution in [0.5, 0.6) is 0 Å². The second-order valence-electron chi connectivity index (χ2n) is 1.44. The van der Waals surface area contributed by atoms with Gasteiger partial charge in [-0.2, -0.15) is 4.80 Å². The lowest BCUT2D eigenvalue weighted by Crippen LogP contribution is -1.73. The van der Waals surface area contributed by atoms with Gasteiger partial charge >= 0.3 is 0 Å². The highest BCUT2D eigenvalue weighted by atomic mass is 28.2. The van der Waals surface area contributed by atoms with Crippen molar-refractivity contribution in [2.24, 2.45) is 4.80 Å². The van der Waals surface area contributed by atoms with Crippen LogP contribution >= 0.6 is 0 Å². The average molecular weight is 117 g/mol. The van der Waals surface area contributed by atoms with Crippen molar-refractivity contribution in [3.05, 3.63) is 0 Å². The number of unbranched alkanes of at least 4 members (excludes halogenated alkanes) is 1. The van der Waals surface area contributed by atoms with Gasteiger partial charge in [0, 0.05) is 0 Å². The molecular weight excluding hydrogens is 106 g/mol. The lowest BCUT2D eigenvalue weighted by atomic mass is 10.4. The summed E-state index contributed by atoms with van der Waals surface area (Å²) < 4.78 is 0. The van der Waals surface area contributed by atoms with Crippen LogP contribution in [0.25, 0.3) is 0 Å². The molecule has 0 rings (SSSR count). The van der Waals surface area contributed by atoms with Crippen LogP contribution in [-0.4, -0.2) is 14.5 Å². The minimum Gasteiger partial charge on any atom is -0.421 e. The van der Waals surface area contributed by atoms with Gasteiger partial charge < -0.3 is 5.21 Å². The number of hydrogen-bond donors (Lipinski definition) is 1. The van der Waals surface area contributed by atoms with Crippen LogP contribution in [0.4, 0.5) is 0 Å². The summed E-state index contributed by atoms with van der Waals surface area (Å²) in [5, 5.41) is 7.95. The highest BCUT2D eigenvalue weighted by Crippen LogP contribution is 1.89. The topological polar surface area (TPSA) is 32.6 Å². The Balaban J connectivity index is 2.69. The Morgan fingerprint density at radius 1 is 1.71 bits per heavy atom. The standard InChI is InChI=1S/C4H11NOSi/c1-2-3-4-7-5-6/h6-7H,2-4H2,1H3. The molecule has 0 saturated carbocycles. The van der Waals surface area contributed by atoms with Crippen LogP contribution < -0.4 is 0 Å². The normalized spacial score (nSPS) is 10.4. The summed E-state index contributed by atoms with van der Waals surface area (Å²) >= 11 is 0. The molecule has 0 spiro atoms. The molecule has 2 nitrogen and oxygen atoms in total. The highest BCUT2D eigenvalue weighted by molar-refractivity contribution is 6.20. The van der Waals surface area contributed by atoms with E-state index in [0.717, 1.165) is 6.04 Å². The van der Waals surface area contributed by atoms with E-state index in [2.05, 4.69) is 11.7 Å². The molecule has 0 aromatic heterocycles. The molecule has 7 heavy (non-hydrogen) atoms. The highest BCUT2D eigenvalue weighted by Gasteiger charge is 1.76. The number of hydrogen-bond acceptors (Lipinski definition) is 2. The summed E-state index contributed by atoms with van der Waals surface area (Å²) in [6.45, 7) is 2.14. The van der Waals surface area contributed by atoms with E-state index in [4.69, 9.17) is 5.21 Å². The second kappa shape index (κ2) is 5.82. The fourth-order valence-corrected chi connectivity index (χ4v) is 1.06. The Morgan fingerprint density at radius 3 is 2.86 bits per heavy atom. The minimum atomic E-state index is -0.00324.